The summed E-state index contributed by atoms with van der Waals surface area (Å²) in [6.07, 6.45) is -1.90. The fourth-order valence-corrected chi connectivity index (χ4v) is 2.66. The summed E-state index contributed by atoms with van der Waals surface area (Å²) < 4.78 is 37.7. The van der Waals surface area contributed by atoms with E-state index in [9.17, 15) is 13.2 Å². The lowest BCUT2D eigenvalue weighted by Crippen LogP contribution is -2.60. The zero-order valence-electron chi connectivity index (χ0n) is 10.4. The summed E-state index contributed by atoms with van der Waals surface area (Å²) in [6, 6.07) is 0.277. The Balaban J connectivity index is 1.99. The first kappa shape index (κ1) is 13.1. The van der Waals surface area contributed by atoms with Crippen molar-refractivity contribution in [2.75, 3.05) is 19.6 Å². The summed E-state index contributed by atoms with van der Waals surface area (Å²) in [6.45, 7) is 4.60. The quantitative estimate of drug-likeness (QED) is 0.826. The highest BCUT2D eigenvalue weighted by Crippen LogP contribution is 2.37. The van der Waals surface area contributed by atoms with Gasteiger partial charge < -0.3 is 5.32 Å². The van der Waals surface area contributed by atoms with Crippen molar-refractivity contribution in [1.82, 2.24) is 10.2 Å². The van der Waals surface area contributed by atoms with Crippen LogP contribution in [0, 0.1) is 11.8 Å². The molecule has 2 unspecified atom stereocenters. The van der Waals surface area contributed by atoms with Gasteiger partial charge in [0.05, 0.1) is 6.54 Å². The van der Waals surface area contributed by atoms with Crippen molar-refractivity contribution in [3.63, 3.8) is 0 Å². The lowest BCUT2D eigenvalue weighted by Gasteiger charge is -2.42. The molecule has 2 nitrogen and oxygen atoms in total. The first-order valence-electron chi connectivity index (χ1n) is 6.41. The zero-order valence-corrected chi connectivity index (χ0v) is 10.4. The summed E-state index contributed by atoms with van der Waals surface area (Å²) in [5.41, 5.74) is 0. The smallest absolute Gasteiger partial charge is 0.311 e. The van der Waals surface area contributed by atoms with E-state index in [0.29, 0.717) is 24.9 Å². The Morgan fingerprint density at radius 1 is 1.29 bits per heavy atom. The van der Waals surface area contributed by atoms with E-state index in [0.717, 1.165) is 12.8 Å². The predicted molar refractivity (Wildman–Crippen MR) is 60.8 cm³/mol. The topological polar surface area (TPSA) is 15.3 Å². The van der Waals surface area contributed by atoms with E-state index >= 15 is 0 Å². The Labute approximate surface area is 101 Å². The van der Waals surface area contributed by atoms with Crippen LogP contribution in [0.25, 0.3) is 0 Å². The minimum absolute atomic E-state index is 0.0895. The lowest BCUT2D eigenvalue weighted by molar-refractivity contribution is -0.155. The van der Waals surface area contributed by atoms with Crippen LogP contribution < -0.4 is 5.32 Å². The van der Waals surface area contributed by atoms with Gasteiger partial charge in [0.1, 0.15) is 0 Å². The molecule has 2 atom stereocenters. The van der Waals surface area contributed by atoms with Gasteiger partial charge >= 0.3 is 6.18 Å². The van der Waals surface area contributed by atoms with Crippen molar-refractivity contribution >= 4 is 0 Å². The van der Waals surface area contributed by atoms with Gasteiger partial charge in [-0.3, -0.25) is 4.90 Å². The molecule has 1 N–H and O–H groups in total. The Morgan fingerprint density at radius 2 is 1.94 bits per heavy atom. The van der Waals surface area contributed by atoms with Gasteiger partial charge in [0.25, 0.3) is 0 Å². The van der Waals surface area contributed by atoms with Crippen molar-refractivity contribution in [3.05, 3.63) is 0 Å². The van der Waals surface area contributed by atoms with E-state index < -0.39 is 12.7 Å². The molecule has 1 aliphatic heterocycles. The summed E-state index contributed by atoms with van der Waals surface area (Å²) in [5.74, 6) is 0.865. The number of hydrogen-bond donors (Lipinski definition) is 1. The highest BCUT2D eigenvalue weighted by molar-refractivity contribution is 4.96. The van der Waals surface area contributed by atoms with Crippen molar-refractivity contribution in [3.8, 4) is 0 Å². The minimum Gasteiger partial charge on any atom is -0.311 e. The van der Waals surface area contributed by atoms with Crippen LogP contribution in [0.4, 0.5) is 13.2 Å². The van der Waals surface area contributed by atoms with Crippen LogP contribution in [0.1, 0.15) is 26.7 Å². The predicted octanol–water partition coefficient (Wildman–Crippen LogP) is 2.26. The van der Waals surface area contributed by atoms with Gasteiger partial charge in [-0.2, -0.15) is 13.2 Å². The van der Waals surface area contributed by atoms with Gasteiger partial charge in [-0.25, -0.2) is 0 Å². The van der Waals surface area contributed by atoms with Crippen LogP contribution in [-0.2, 0) is 0 Å². The molecule has 1 heterocycles. The molecule has 0 radical (unpaired) electrons. The Hall–Kier alpha value is -0.290. The average Bonchev–Trinajstić information content (AvgIpc) is 2.98. The lowest BCUT2D eigenvalue weighted by atomic mass is 9.97. The highest BCUT2D eigenvalue weighted by Gasteiger charge is 2.43. The third-order valence-electron chi connectivity index (χ3n) is 3.84. The van der Waals surface area contributed by atoms with Gasteiger partial charge in [0.2, 0.25) is 0 Å². The molecule has 100 valence electrons. The Bertz CT molecular complexity index is 261. The maximum absolute atomic E-state index is 12.6. The Kier molecular flexibility index (Phi) is 3.69. The van der Waals surface area contributed by atoms with Gasteiger partial charge in [-0.1, -0.05) is 13.8 Å². The molecule has 17 heavy (non-hydrogen) atoms. The Morgan fingerprint density at radius 3 is 2.41 bits per heavy atom. The monoisotopic (exact) mass is 250 g/mol. The molecule has 0 aromatic carbocycles. The van der Waals surface area contributed by atoms with Crippen LogP contribution in [0.15, 0.2) is 0 Å². The summed E-state index contributed by atoms with van der Waals surface area (Å²) in [5, 5.41) is 3.40. The number of rotatable bonds is 3. The zero-order chi connectivity index (χ0) is 12.6. The molecule has 1 aliphatic carbocycles. The molecule has 0 bridgehead atoms. The molecule has 0 amide bonds. The second kappa shape index (κ2) is 4.76. The largest absolute Gasteiger partial charge is 0.401 e. The number of hydrogen-bond acceptors (Lipinski definition) is 2. The van der Waals surface area contributed by atoms with Gasteiger partial charge in [0, 0.05) is 25.2 Å². The van der Waals surface area contributed by atoms with Crippen molar-refractivity contribution < 1.29 is 13.2 Å². The van der Waals surface area contributed by atoms with Gasteiger partial charge in [-0.15, -0.1) is 0 Å². The highest BCUT2D eigenvalue weighted by atomic mass is 19.4. The molecule has 0 spiro atoms. The fourth-order valence-electron chi connectivity index (χ4n) is 2.66. The maximum Gasteiger partial charge on any atom is 0.401 e. The first-order chi connectivity index (χ1) is 7.87. The van der Waals surface area contributed by atoms with E-state index in [1.807, 2.05) is 0 Å². The number of nitrogens with zero attached hydrogens (tertiary/aromatic N) is 1. The van der Waals surface area contributed by atoms with E-state index in [1.54, 1.807) is 4.90 Å². The van der Waals surface area contributed by atoms with Crippen LogP contribution in [0.5, 0.6) is 0 Å². The average molecular weight is 250 g/mol. The molecule has 5 heteroatoms. The third-order valence-corrected chi connectivity index (χ3v) is 3.84. The van der Waals surface area contributed by atoms with Crippen LogP contribution >= 0.6 is 0 Å². The third kappa shape index (κ3) is 3.58. The summed E-state index contributed by atoms with van der Waals surface area (Å²) >= 11 is 0. The normalized spacial score (nSPS) is 32.1. The molecule has 2 aliphatic rings. The maximum atomic E-state index is 12.6. The van der Waals surface area contributed by atoms with Crippen molar-refractivity contribution in [2.45, 2.75) is 44.9 Å². The minimum atomic E-state index is -4.08. The van der Waals surface area contributed by atoms with Crippen molar-refractivity contribution in [1.29, 1.82) is 0 Å². The van der Waals surface area contributed by atoms with E-state index in [4.69, 9.17) is 0 Å². The fraction of sp³-hybridized carbons (Fsp3) is 1.00. The first-order valence-corrected chi connectivity index (χ1v) is 6.41. The molecular formula is C12H21F3N2. The second-order valence-corrected chi connectivity index (χ2v) is 5.71. The SMILES string of the molecule is CC(C)C1CN(CC(F)(F)F)C(C2CC2)CN1. The van der Waals surface area contributed by atoms with Crippen LogP contribution in [-0.4, -0.2) is 42.8 Å². The van der Waals surface area contributed by atoms with Gasteiger partial charge in [0.15, 0.2) is 0 Å². The van der Waals surface area contributed by atoms with E-state index in [2.05, 4.69) is 19.2 Å². The number of nitrogens with one attached hydrogen (secondary N) is 1. The van der Waals surface area contributed by atoms with Gasteiger partial charge in [-0.05, 0) is 24.7 Å². The molecule has 1 saturated carbocycles. The second-order valence-electron chi connectivity index (χ2n) is 5.71. The van der Waals surface area contributed by atoms with Crippen LogP contribution in [0.2, 0.25) is 0 Å². The number of alkyl halides is 3. The molecular weight excluding hydrogens is 229 g/mol. The van der Waals surface area contributed by atoms with Crippen molar-refractivity contribution in [2.24, 2.45) is 11.8 Å². The molecule has 2 fully saturated rings. The number of halogens is 3. The summed E-state index contributed by atoms with van der Waals surface area (Å²) in [7, 11) is 0. The summed E-state index contributed by atoms with van der Waals surface area (Å²) in [4.78, 5) is 1.65. The number of piperazine rings is 1. The van der Waals surface area contributed by atoms with Crippen LogP contribution in [0.3, 0.4) is 0 Å². The van der Waals surface area contributed by atoms with E-state index in [1.165, 1.54) is 0 Å². The molecule has 1 saturated heterocycles. The molecule has 0 aromatic rings. The standard InChI is InChI=1S/C12H21F3N2/c1-8(2)10-6-17(7-12(13,14)15)11(5-16-10)9-3-4-9/h8-11,16H,3-7H2,1-2H3. The molecule has 0 aromatic heterocycles. The van der Waals surface area contributed by atoms with E-state index in [-0.39, 0.29) is 12.1 Å². The molecule has 2 rings (SSSR count).